The van der Waals surface area contributed by atoms with Crippen LogP contribution in [0.25, 0.3) is 0 Å². The fourth-order valence-corrected chi connectivity index (χ4v) is 2.28. The van der Waals surface area contributed by atoms with Gasteiger partial charge in [0.05, 0.1) is 31.8 Å². The molecule has 1 fully saturated rings. The number of morpholine rings is 1. The van der Waals surface area contributed by atoms with E-state index in [9.17, 15) is 4.79 Å². The van der Waals surface area contributed by atoms with Gasteiger partial charge in [-0.1, -0.05) is 18.2 Å². The molecule has 1 aromatic carbocycles. The summed E-state index contributed by atoms with van der Waals surface area (Å²) < 4.78 is 11.0. The zero-order valence-corrected chi connectivity index (χ0v) is 11.7. The van der Waals surface area contributed by atoms with Crippen molar-refractivity contribution in [2.75, 3.05) is 26.3 Å². The lowest BCUT2D eigenvalue weighted by Crippen LogP contribution is -2.50. The second-order valence-electron chi connectivity index (χ2n) is 4.96. The highest BCUT2D eigenvalue weighted by atomic mass is 16.5. The highest BCUT2D eigenvalue weighted by molar-refractivity contribution is 5.76. The number of nitrogens with zero attached hydrogens (tertiary/aromatic N) is 1. The van der Waals surface area contributed by atoms with Crippen LogP contribution < -0.4 is 4.74 Å². The Balaban J connectivity index is 1.76. The Morgan fingerprint density at radius 2 is 2.15 bits per heavy atom. The molecule has 1 amide bonds. The van der Waals surface area contributed by atoms with E-state index >= 15 is 0 Å². The summed E-state index contributed by atoms with van der Waals surface area (Å²) in [5.74, 6) is 0.804. The first-order valence-electron chi connectivity index (χ1n) is 6.91. The number of rotatable bonds is 5. The van der Waals surface area contributed by atoms with E-state index in [1.807, 2.05) is 37.3 Å². The van der Waals surface area contributed by atoms with E-state index in [0.717, 1.165) is 5.75 Å². The summed E-state index contributed by atoms with van der Waals surface area (Å²) in [6.07, 6.45) is 0.0115. The van der Waals surface area contributed by atoms with E-state index in [1.54, 1.807) is 4.90 Å². The summed E-state index contributed by atoms with van der Waals surface area (Å²) >= 11 is 0. The number of hydrogen-bond acceptors (Lipinski definition) is 4. The summed E-state index contributed by atoms with van der Waals surface area (Å²) in [6, 6.07) is 9.44. The van der Waals surface area contributed by atoms with Gasteiger partial charge in [-0.2, -0.15) is 0 Å². The number of ether oxygens (including phenoxy) is 2. The Kier molecular flexibility index (Phi) is 5.38. The van der Waals surface area contributed by atoms with Crippen molar-refractivity contribution in [2.24, 2.45) is 0 Å². The van der Waals surface area contributed by atoms with Crippen molar-refractivity contribution in [2.45, 2.75) is 25.6 Å². The highest BCUT2D eigenvalue weighted by Gasteiger charge is 2.27. The lowest BCUT2D eigenvalue weighted by atomic mass is 10.2. The zero-order valence-electron chi connectivity index (χ0n) is 11.7. The molecule has 1 aliphatic rings. The normalized spacial score (nSPS) is 22.6. The third kappa shape index (κ3) is 4.21. The molecule has 1 aliphatic heterocycles. The lowest BCUT2D eigenvalue weighted by molar-refractivity contribution is -0.147. The smallest absolute Gasteiger partial charge is 0.226 e. The van der Waals surface area contributed by atoms with Crippen LogP contribution in [-0.4, -0.2) is 54.4 Å². The molecule has 5 nitrogen and oxygen atoms in total. The van der Waals surface area contributed by atoms with Crippen molar-refractivity contribution < 1.29 is 19.4 Å². The van der Waals surface area contributed by atoms with Crippen LogP contribution in [0.15, 0.2) is 30.3 Å². The van der Waals surface area contributed by atoms with Crippen LogP contribution in [0.5, 0.6) is 5.75 Å². The molecule has 2 atom stereocenters. The molecule has 0 bridgehead atoms. The summed E-state index contributed by atoms with van der Waals surface area (Å²) in [5.41, 5.74) is 0. The third-order valence-electron chi connectivity index (χ3n) is 3.21. The van der Waals surface area contributed by atoms with Crippen molar-refractivity contribution in [1.29, 1.82) is 0 Å². The Labute approximate surface area is 119 Å². The summed E-state index contributed by atoms with van der Waals surface area (Å²) in [6.45, 7) is 3.22. The SMILES string of the molecule is CC1CN(C(=O)CCOc2ccccc2)CC(CO)O1. The van der Waals surface area contributed by atoms with Crippen molar-refractivity contribution in [1.82, 2.24) is 4.90 Å². The number of carbonyl (C=O) groups excluding carboxylic acids is 1. The van der Waals surface area contributed by atoms with E-state index < -0.39 is 0 Å². The summed E-state index contributed by atoms with van der Waals surface area (Å²) in [7, 11) is 0. The Hall–Kier alpha value is -1.59. The fraction of sp³-hybridized carbons (Fsp3) is 0.533. The monoisotopic (exact) mass is 279 g/mol. The molecule has 20 heavy (non-hydrogen) atoms. The molecule has 1 heterocycles. The van der Waals surface area contributed by atoms with E-state index in [2.05, 4.69) is 0 Å². The molecule has 0 saturated carbocycles. The maximum Gasteiger partial charge on any atom is 0.226 e. The van der Waals surface area contributed by atoms with E-state index in [0.29, 0.717) is 26.1 Å². The molecular formula is C15H21NO4. The standard InChI is InChI=1S/C15H21NO4/c1-12-9-16(10-14(11-17)20-12)15(18)7-8-19-13-5-3-2-4-6-13/h2-6,12,14,17H,7-11H2,1H3. The number of aliphatic hydroxyl groups is 1. The van der Waals surface area contributed by atoms with Gasteiger partial charge in [0.15, 0.2) is 0 Å². The van der Waals surface area contributed by atoms with Crippen molar-refractivity contribution in [3.8, 4) is 5.75 Å². The molecule has 1 saturated heterocycles. The molecule has 0 aliphatic carbocycles. The second kappa shape index (κ2) is 7.26. The van der Waals surface area contributed by atoms with Crippen LogP contribution in [0.2, 0.25) is 0 Å². The summed E-state index contributed by atoms with van der Waals surface area (Å²) in [4.78, 5) is 13.8. The second-order valence-corrected chi connectivity index (χ2v) is 4.96. The molecule has 2 unspecified atom stereocenters. The lowest BCUT2D eigenvalue weighted by Gasteiger charge is -2.36. The average molecular weight is 279 g/mol. The van der Waals surface area contributed by atoms with Gasteiger partial charge in [-0.3, -0.25) is 4.79 Å². The molecule has 0 aromatic heterocycles. The molecule has 2 rings (SSSR count). The van der Waals surface area contributed by atoms with Gasteiger partial charge in [0.2, 0.25) is 5.91 Å². The molecule has 110 valence electrons. The van der Waals surface area contributed by atoms with Crippen LogP contribution in [-0.2, 0) is 9.53 Å². The van der Waals surface area contributed by atoms with Gasteiger partial charge in [-0.05, 0) is 19.1 Å². The van der Waals surface area contributed by atoms with Gasteiger partial charge >= 0.3 is 0 Å². The predicted octanol–water partition coefficient (Wildman–Crippen LogP) is 1.06. The van der Waals surface area contributed by atoms with Gasteiger partial charge in [0.25, 0.3) is 0 Å². The number of amides is 1. The molecule has 5 heteroatoms. The van der Waals surface area contributed by atoms with Crippen LogP contribution in [0, 0.1) is 0 Å². The number of hydrogen-bond donors (Lipinski definition) is 1. The summed E-state index contributed by atoms with van der Waals surface area (Å²) in [5, 5.41) is 9.15. The minimum atomic E-state index is -0.280. The molecule has 0 radical (unpaired) electrons. The molecule has 1 N–H and O–H groups in total. The Bertz CT molecular complexity index is 423. The van der Waals surface area contributed by atoms with Gasteiger partial charge in [-0.15, -0.1) is 0 Å². The third-order valence-corrected chi connectivity index (χ3v) is 3.21. The number of aliphatic hydroxyl groups excluding tert-OH is 1. The van der Waals surface area contributed by atoms with Gasteiger partial charge in [-0.25, -0.2) is 0 Å². The first-order chi connectivity index (χ1) is 9.69. The van der Waals surface area contributed by atoms with Crippen LogP contribution in [0.3, 0.4) is 0 Å². The van der Waals surface area contributed by atoms with E-state index in [-0.39, 0.29) is 24.7 Å². The molecular weight excluding hydrogens is 258 g/mol. The maximum absolute atomic E-state index is 12.1. The molecule has 0 spiro atoms. The minimum Gasteiger partial charge on any atom is -0.493 e. The first kappa shape index (κ1) is 14.8. The van der Waals surface area contributed by atoms with Crippen molar-refractivity contribution in [3.05, 3.63) is 30.3 Å². The number of carbonyl (C=O) groups is 1. The van der Waals surface area contributed by atoms with Crippen LogP contribution in [0.4, 0.5) is 0 Å². The van der Waals surface area contributed by atoms with Gasteiger partial charge < -0.3 is 19.5 Å². The van der Waals surface area contributed by atoms with Crippen LogP contribution >= 0.6 is 0 Å². The van der Waals surface area contributed by atoms with Gasteiger partial charge in [0, 0.05) is 13.1 Å². The zero-order chi connectivity index (χ0) is 14.4. The number of para-hydroxylation sites is 1. The molecule has 1 aromatic rings. The fourth-order valence-electron chi connectivity index (χ4n) is 2.28. The van der Waals surface area contributed by atoms with Crippen LogP contribution in [0.1, 0.15) is 13.3 Å². The van der Waals surface area contributed by atoms with Crippen molar-refractivity contribution >= 4 is 5.91 Å². The Morgan fingerprint density at radius 3 is 2.85 bits per heavy atom. The highest BCUT2D eigenvalue weighted by Crippen LogP contribution is 2.13. The largest absolute Gasteiger partial charge is 0.493 e. The topological polar surface area (TPSA) is 59.0 Å². The van der Waals surface area contributed by atoms with E-state index in [4.69, 9.17) is 14.6 Å². The predicted molar refractivity (Wildman–Crippen MR) is 74.6 cm³/mol. The van der Waals surface area contributed by atoms with Crippen molar-refractivity contribution in [3.63, 3.8) is 0 Å². The Morgan fingerprint density at radius 1 is 1.40 bits per heavy atom. The quantitative estimate of drug-likeness (QED) is 0.875. The maximum atomic E-state index is 12.1. The minimum absolute atomic E-state index is 0.0366. The van der Waals surface area contributed by atoms with E-state index in [1.165, 1.54) is 0 Å². The number of benzene rings is 1. The first-order valence-corrected chi connectivity index (χ1v) is 6.91. The van der Waals surface area contributed by atoms with Gasteiger partial charge in [0.1, 0.15) is 5.75 Å². The average Bonchev–Trinajstić information content (AvgIpc) is 2.47.